The van der Waals surface area contributed by atoms with E-state index in [0.29, 0.717) is 10.6 Å². The fraction of sp³-hybridized carbons (Fsp3) is 0.222. The summed E-state index contributed by atoms with van der Waals surface area (Å²) < 4.78 is 0. The number of nitrogens with two attached hydrogens (primary N) is 1. The summed E-state index contributed by atoms with van der Waals surface area (Å²) in [5.74, 6) is -0.00528. The highest BCUT2D eigenvalue weighted by molar-refractivity contribution is 6.34. The molecule has 0 unspecified atom stereocenters. The summed E-state index contributed by atoms with van der Waals surface area (Å²) in [6, 6.07) is 5.44. The maximum absolute atomic E-state index is 7.38. The molecule has 1 aromatic rings. The van der Waals surface area contributed by atoms with E-state index in [1.54, 1.807) is 6.07 Å². The minimum atomic E-state index is -0.00528. The molecule has 3 nitrogen and oxygen atoms in total. The Balaban J connectivity index is 3.34. The number of rotatable bonds is 2. The highest BCUT2D eigenvalue weighted by Gasteiger charge is 2.10. The summed E-state index contributed by atoms with van der Waals surface area (Å²) in [5, 5.41) is 7.89. The molecule has 0 aliphatic heterocycles. The fourth-order valence-corrected chi connectivity index (χ4v) is 1.42. The standard InChI is InChI=1S/C9H12ClN3/c1-13(2)7-5-3-4-6(10)8(7)9(11)12/h3-5H,1-2H3,(H3,11,12). The van der Waals surface area contributed by atoms with Gasteiger partial charge in [0, 0.05) is 19.8 Å². The van der Waals surface area contributed by atoms with E-state index in [1.165, 1.54) is 0 Å². The Morgan fingerprint density at radius 3 is 2.46 bits per heavy atom. The molecule has 0 aliphatic rings. The van der Waals surface area contributed by atoms with Crippen LogP contribution < -0.4 is 10.6 Å². The van der Waals surface area contributed by atoms with Crippen LogP contribution in [0.2, 0.25) is 5.02 Å². The van der Waals surface area contributed by atoms with Crippen LogP contribution in [0.1, 0.15) is 5.56 Å². The highest BCUT2D eigenvalue weighted by Crippen LogP contribution is 2.25. The molecule has 0 aliphatic carbocycles. The lowest BCUT2D eigenvalue weighted by atomic mass is 10.1. The molecule has 70 valence electrons. The van der Waals surface area contributed by atoms with Gasteiger partial charge in [-0.15, -0.1) is 0 Å². The van der Waals surface area contributed by atoms with Crippen LogP contribution in [0.4, 0.5) is 5.69 Å². The maximum atomic E-state index is 7.38. The van der Waals surface area contributed by atoms with Crippen LogP contribution in [0.25, 0.3) is 0 Å². The lowest BCUT2D eigenvalue weighted by Gasteiger charge is -2.17. The zero-order valence-electron chi connectivity index (χ0n) is 7.63. The third kappa shape index (κ3) is 1.92. The minimum absolute atomic E-state index is 0.00528. The molecule has 13 heavy (non-hydrogen) atoms. The van der Waals surface area contributed by atoms with Crippen LogP contribution >= 0.6 is 11.6 Å². The number of anilines is 1. The Labute approximate surface area is 82.6 Å². The van der Waals surface area contributed by atoms with Crippen LogP contribution in [-0.4, -0.2) is 19.9 Å². The zero-order chi connectivity index (χ0) is 10.0. The lowest BCUT2D eigenvalue weighted by Crippen LogP contribution is -2.19. The molecule has 1 aromatic carbocycles. The van der Waals surface area contributed by atoms with E-state index in [9.17, 15) is 0 Å². The Bertz CT molecular complexity index is 334. The molecule has 0 saturated carbocycles. The van der Waals surface area contributed by atoms with E-state index in [0.717, 1.165) is 5.69 Å². The quantitative estimate of drug-likeness (QED) is 0.560. The second kappa shape index (κ2) is 3.66. The Morgan fingerprint density at radius 2 is 2.08 bits per heavy atom. The maximum Gasteiger partial charge on any atom is 0.126 e. The third-order valence-corrected chi connectivity index (χ3v) is 2.06. The Morgan fingerprint density at radius 1 is 1.46 bits per heavy atom. The fourth-order valence-electron chi connectivity index (χ4n) is 1.15. The van der Waals surface area contributed by atoms with Gasteiger partial charge in [0.1, 0.15) is 5.84 Å². The van der Waals surface area contributed by atoms with Crippen molar-refractivity contribution in [2.45, 2.75) is 0 Å². The van der Waals surface area contributed by atoms with Crippen LogP contribution in [0.5, 0.6) is 0 Å². The molecule has 0 bridgehead atoms. The third-order valence-electron chi connectivity index (χ3n) is 1.74. The average Bonchev–Trinajstić information content (AvgIpc) is 2.02. The number of nitrogen functional groups attached to an aromatic ring is 1. The summed E-state index contributed by atoms with van der Waals surface area (Å²) in [5.41, 5.74) is 6.88. The van der Waals surface area contributed by atoms with Crippen molar-refractivity contribution in [3.8, 4) is 0 Å². The monoisotopic (exact) mass is 197 g/mol. The van der Waals surface area contributed by atoms with E-state index in [1.807, 2.05) is 31.1 Å². The van der Waals surface area contributed by atoms with Gasteiger partial charge in [-0.1, -0.05) is 17.7 Å². The first-order valence-electron chi connectivity index (χ1n) is 3.84. The number of benzene rings is 1. The first-order chi connectivity index (χ1) is 6.04. The normalized spacial score (nSPS) is 9.77. The number of hydrogen-bond donors (Lipinski definition) is 2. The van der Waals surface area contributed by atoms with Crippen molar-refractivity contribution < 1.29 is 0 Å². The summed E-state index contributed by atoms with van der Waals surface area (Å²) >= 11 is 5.92. The summed E-state index contributed by atoms with van der Waals surface area (Å²) in [6.45, 7) is 0. The van der Waals surface area contributed by atoms with Crippen molar-refractivity contribution in [2.24, 2.45) is 5.73 Å². The molecule has 0 radical (unpaired) electrons. The van der Waals surface area contributed by atoms with Crippen molar-refractivity contribution >= 4 is 23.1 Å². The SMILES string of the molecule is CN(C)c1cccc(Cl)c1C(=N)N. The van der Waals surface area contributed by atoms with E-state index >= 15 is 0 Å². The lowest BCUT2D eigenvalue weighted by molar-refractivity contribution is 1.12. The predicted molar refractivity (Wildman–Crippen MR) is 56.8 cm³/mol. The van der Waals surface area contributed by atoms with E-state index in [-0.39, 0.29) is 5.84 Å². The molecule has 0 amide bonds. The number of nitrogens with one attached hydrogen (secondary N) is 1. The molecule has 3 N–H and O–H groups in total. The van der Waals surface area contributed by atoms with Crippen molar-refractivity contribution in [1.29, 1.82) is 5.41 Å². The topological polar surface area (TPSA) is 53.1 Å². The molecular weight excluding hydrogens is 186 g/mol. The van der Waals surface area contributed by atoms with Gasteiger partial charge in [0.25, 0.3) is 0 Å². The van der Waals surface area contributed by atoms with Crippen LogP contribution in [0.15, 0.2) is 18.2 Å². The van der Waals surface area contributed by atoms with E-state index in [4.69, 9.17) is 22.7 Å². The van der Waals surface area contributed by atoms with Gasteiger partial charge in [0.15, 0.2) is 0 Å². The molecule has 1 rings (SSSR count). The van der Waals surface area contributed by atoms with E-state index in [2.05, 4.69) is 0 Å². The molecule has 0 aromatic heterocycles. The number of nitrogens with zero attached hydrogens (tertiary/aromatic N) is 1. The van der Waals surface area contributed by atoms with Crippen molar-refractivity contribution in [2.75, 3.05) is 19.0 Å². The molecule has 0 fully saturated rings. The summed E-state index contributed by atoms with van der Waals surface area (Å²) in [4.78, 5) is 1.88. The Kier molecular flexibility index (Phi) is 2.78. The number of halogens is 1. The number of amidine groups is 1. The minimum Gasteiger partial charge on any atom is -0.384 e. The smallest absolute Gasteiger partial charge is 0.126 e. The molecule has 0 spiro atoms. The van der Waals surface area contributed by atoms with Gasteiger partial charge in [0.2, 0.25) is 0 Å². The summed E-state index contributed by atoms with van der Waals surface area (Å²) in [7, 11) is 3.77. The van der Waals surface area contributed by atoms with Gasteiger partial charge in [0.05, 0.1) is 10.6 Å². The molecule has 0 saturated heterocycles. The summed E-state index contributed by atoms with van der Waals surface area (Å²) in [6.07, 6.45) is 0. The Hall–Kier alpha value is -1.22. The van der Waals surface area contributed by atoms with Crippen molar-refractivity contribution in [3.05, 3.63) is 28.8 Å². The predicted octanol–water partition coefficient (Wildman–Crippen LogP) is 1.69. The molecular formula is C9H12ClN3. The first-order valence-corrected chi connectivity index (χ1v) is 4.22. The number of hydrogen-bond acceptors (Lipinski definition) is 2. The van der Waals surface area contributed by atoms with Crippen LogP contribution in [0, 0.1) is 5.41 Å². The second-order valence-electron chi connectivity index (χ2n) is 2.94. The van der Waals surface area contributed by atoms with Gasteiger partial charge in [-0.05, 0) is 12.1 Å². The molecule has 0 atom stereocenters. The largest absolute Gasteiger partial charge is 0.384 e. The van der Waals surface area contributed by atoms with Gasteiger partial charge < -0.3 is 10.6 Å². The van der Waals surface area contributed by atoms with Gasteiger partial charge in [-0.25, -0.2) is 0 Å². The zero-order valence-corrected chi connectivity index (χ0v) is 8.39. The van der Waals surface area contributed by atoms with Gasteiger partial charge >= 0.3 is 0 Å². The molecule has 0 heterocycles. The van der Waals surface area contributed by atoms with Crippen LogP contribution in [0.3, 0.4) is 0 Å². The second-order valence-corrected chi connectivity index (χ2v) is 3.35. The van der Waals surface area contributed by atoms with Crippen molar-refractivity contribution in [3.63, 3.8) is 0 Å². The highest BCUT2D eigenvalue weighted by atomic mass is 35.5. The van der Waals surface area contributed by atoms with Crippen LogP contribution in [-0.2, 0) is 0 Å². The molecule has 4 heteroatoms. The van der Waals surface area contributed by atoms with E-state index < -0.39 is 0 Å². The first kappa shape index (κ1) is 9.86. The van der Waals surface area contributed by atoms with Gasteiger partial charge in [-0.3, -0.25) is 5.41 Å². The van der Waals surface area contributed by atoms with Gasteiger partial charge in [-0.2, -0.15) is 0 Å². The van der Waals surface area contributed by atoms with Crippen molar-refractivity contribution in [1.82, 2.24) is 0 Å². The average molecular weight is 198 g/mol.